The fourth-order valence-electron chi connectivity index (χ4n) is 2.06. The molecule has 0 saturated carbocycles. The summed E-state index contributed by atoms with van der Waals surface area (Å²) in [6, 6.07) is 3.82. The summed E-state index contributed by atoms with van der Waals surface area (Å²) < 4.78 is 0. The predicted octanol–water partition coefficient (Wildman–Crippen LogP) is 1.24. The second kappa shape index (κ2) is 7.09. The highest BCUT2D eigenvalue weighted by Gasteiger charge is 2.30. The average Bonchev–Trinajstić information content (AvgIpc) is 2.96. The molecular weight excluding hydrogens is 272 g/mol. The minimum Gasteiger partial charge on any atom is -0.392 e. The maximum absolute atomic E-state index is 12.2. The first-order valence-corrected chi connectivity index (χ1v) is 6.81. The molecule has 1 aromatic rings. The van der Waals surface area contributed by atoms with Gasteiger partial charge in [0.25, 0.3) is 0 Å². The maximum Gasteiger partial charge on any atom is 0.240 e. The normalized spacial score (nSPS) is 22.6. The molecule has 18 heavy (non-hydrogen) atoms. The number of thiophene rings is 1. The standard InChI is InChI=1S/C12H18N2O2S.ClH/c1-2-14(8-10-4-3-5-17-10)12(16)11-6-9(15)7-13-11;/h3-5,9,11,13,15H,2,6-8H2,1H3;1H. The van der Waals surface area contributed by atoms with Gasteiger partial charge in [-0.1, -0.05) is 6.07 Å². The van der Waals surface area contributed by atoms with Crippen molar-refractivity contribution < 1.29 is 9.90 Å². The molecule has 1 amide bonds. The summed E-state index contributed by atoms with van der Waals surface area (Å²) in [5.74, 6) is 0.0949. The Morgan fingerprint density at radius 1 is 1.67 bits per heavy atom. The van der Waals surface area contributed by atoms with Gasteiger partial charge in [0, 0.05) is 18.0 Å². The van der Waals surface area contributed by atoms with Crippen LogP contribution in [-0.4, -0.2) is 41.1 Å². The number of aliphatic hydroxyl groups is 1. The number of aliphatic hydroxyl groups excluding tert-OH is 1. The predicted molar refractivity (Wildman–Crippen MR) is 75.1 cm³/mol. The van der Waals surface area contributed by atoms with Gasteiger partial charge in [0.1, 0.15) is 0 Å². The van der Waals surface area contributed by atoms with Crippen LogP contribution in [0.15, 0.2) is 17.5 Å². The topological polar surface area (TPSA) is 52.6 Å². The average molecular weight is 291 g/mol. The molecule has 2 heterocycles. The summed E-state index contributed by atoms with van der Waals surface area (Å²) in [4.78, 5) is 15.2. The third-order valence-electron chi connectivity index (χ3n) is 3.03. The van der Waals surface area contributed by atoms with E-state index < -0.39 is 0 Å². The van der Waals surface area contributed by atoms with E-state index in [0.29, 0.717) is 26.1 Å². The van der Waals surface area contributed by atoms with Crippen LogP contribution in [0, 0.1) is 0 Å². The zero-order chi connectivity index (χ0) is 12.3. The number of β-amino-alcohol motifs (C(OH)–C–C–N with tert-alkyl or cyclic N) is 1. The third kappa shape index (κ3) is 3.68. The van der Waals surface area contributed by atoms with Crippen LogP contribution in [0.4, 0.5) is 0 Å². The fraction of sp³-hybridized carbons (Fsp3) is 0.583. The number of amides is 1. The van der Waals surface area contributed by atoms with Crippen molar-refractivity contribution in [1.29, 1.82) is 0 Å². The molecule has 2 N–H and O–H groups in total. The molecule has 2 atom stereocenters. The first kappa shape index (κ1) is 15.4. The Hall–Kier alpha value is -0.620. The largest absolute Gasteiger partial charge is 0.392 e. The molecule has 1 aliphatic rings. The van der Waals surface area contributed by atoms with Gasteiger partial charge in [-0.3, -0.25) is 4.79 Å². The Balaban J connectivity index is 0.00000162. The van der Waals surface area contributed by atoms with Crippen LogP contribution in [0.3, 0.4) is 0 Å². The van der Waals surface area contributed by atoms with Crippen molar-refractivity contribution in [2.24, 2.45) is 0 Å². The number of carbonyl (C=O) groups is 1. The van der Waals surface area contributed by atoms with E-state index in [1.807, 2.05) is 29.3 Å². The summed E-state index contributed by atoms with van der Waals surface area (Å²) in [6.45, 7) is 3.87. The van der Waals surface area contributed by atoms with E-state index in [2.05, 4.69) is 5.32 Å². The van der Waals surface area contributed by atoms with E-state index in [9.17, 15) is 9.90 Å². The monoisotopic (exact) mass is 290 g/mol. The highest BCUT2D eigenvalue weighted by Crippen LogP contribution is 2.15. The molecule has 0 radical (unpaired) electrons. The summed E-state index contributed by atoms with van der Waals surface area (Å²) in [6.07, 6.45) is 0.143. The third-order valence-corrected chi connectivity index (χ3v) is 3.89. The van der Waals surface area contributed by atoms with Crippen molar-refractivity contribution in [1.82, 2.24) is 10.2 Å². The highest BCUT2D eigenvalue weighted by atomic mass is 35.5. The van der Waals surface area contributed by atoms with Crippen molar-refractivity contribution in [2.45, 2.75) is 32.0 Å². The van der Waals surface area contributed by atoms with Gasteiger partial charge >= 0.3 is 0 Å². The second-order valence-corrected chi connectivity index (χ2v) is 5.31. The lowest BCUT2D eigenvalue weighted by atomic mass is 10.2. The first-order chi connectivity index (χ1) is 8.20. The molecule has 102 valence electrons. The SMILES string of the molecule is CCN(Cc1cccs1)C(=O)C1CC(O)CN1.Cl. The molecule has 0 spiro atoms. The zero-order valence-electron chi connectivity index (χ0n) is 10.3. The lowest BCUT2D eigenvalue weighted by molar-refractivity contribution is -0.133. The second-order valence-electron chi connectivity index (χ2n) is 4.28. The van der Waals surface area contributed by atoms with E-state index in [1.165, 1.54) is 4.88 Å². The van der Waals surface area contributed by atoms with E-state index in [-0.39, 0.29) is 30.5 Å². The van der Waals surface area contributed by atoms with Crippen molar-refractivity contribution >= 4 is 29.7 Å². The van der Waals surface area contributed by atoms with Crippen LogP contribution >= 0.6 is 23.7 Å². The lowest BCUT2D eigenvalue weighted by Crippen LogP contribution is -2.43. The number of carbonyl (C=O) groups excluding carboxylic acids is 1. The Kier molecular flexibility index (Phi) is 6.08. The van der Waals surface area contributed by atoms with E-state index in [4.69, 9.17) is 0 Å². The molecule has 0 aliphatic carbocycles. The Bertz CT molecular complexity index is 372. The molecule has 1 saturated heterocycles. The molecule has 0 bridgehead atoms. The number of hydrogen-bond acceptors (Lipinski definition) is 4. The van der Waals surface area contributed by atoms with Gasteiger partial charge in [-0.2, -0.15) is 0 Å². The van der Waals surface area contributed by atoms with Crippen LogP contribution in [0.1, 0.15) is 18.2 Å². The Morgan fingerprint density at radius 2 is 2.44 bits per heavy atom. The molecular formula is C12H19ClN2O2S. The zero-order valence-corrected chi connectivity index (χ0v) is 12.0. The number of rotatable bonds is 4. The summed E-state index contributed by atoms with van der Waals surface area (Å²) in [5, 5.41) is 14.5. The number of likely N-dealkylation sites (N-methyl/N-ethyl adjacent to an activating group) is 1. The fourth-order valence-corrected chi connectivity index (χ4v) is 2.78. The van der Waals surface area contributed by atoms with Crippen molar-refractivity contribution in [3.8, 4) is 0 Å². The molecule has 1 aromatic heterocycles. The van der Waals surface area contributed by atoms with Crippen LogP contribution in [0.2, 0.25) is 0 Å². The van der Waals surface area contributed by atoms with Gasteiger partial charge in [0.05, 0.1) is 18.7 Å². The number of halogens is 1. The smallest absolute Gasteiger partial charge is 0.240 e. The van der Waals surface area contributed by atoms with Gasteiger partial charge in [0.15, 0.2) is 0 Å². The van der Waals surface area contributed by atoms with Crippen molar-refractivity contribution in [2.75, 3.05) is 13.1 Å². The molecule has 4 nitrogen and oxygen atoms in total. The molecule has 1 fully saturated rings. The molecule has 6 heteroatoms. The minimum atomic E-state index is -0.385. The highest BCUT2D eigenvalue weighted by molar-refractivity contribution is 7.09. The number of nitrogens with zero attached hydrogens (tertiary/aromatic N) is 1. The van der Waals surface area contributed by atoms with E-state index >= 15 is 0 Å². The van der Waals surface area contributed by atoms with Crippen LogP contribution in [0.5, 0.6) is 0 Å². The number of hydrogen-bond donors (Lipinski definition) is 2. The first-order valence-electron chi connectivity index (χ1n) is 5.93. The quantitative estimate of drug-likeness (QED) is 0.877. The Labute approximate surface area is 117 Å². The van der Waals surface area contributed by atoms with E-state index in [0.717, 1.165) is 0 Å². The van der Waals surface area contributed by atoms with Crippen molar-refractivity contribution in [3.63, 3.8) is 0 Å². The molecule has 1 aliphatic heterocycles. The minimum absolute atomic E-state index is 0. The van der Waals surface area contributed by atoms with Crippen LogP contribution in [-0.2, 0) is 11.3 Å². The van der Waals surface area contributed by atoms with Crippen LogP contribution in [0.25, 0.3) is 0 Å². The molecule has 2 rings (SSSR count). The maximum atomic E-state index is 12.2. The summed E-state index contributed by atoms with van der Waals surface area (Å²) in [7, 11) is 0. The summed E-state index contributed by atoms with van der Waals surface area (Å²) in [5.41, 5.74) is 0. The van der Waals surface area contributed by atoms with Crippen LogP contribution < -0.4 is 5.32 Å². The Morgan fingerprint density at radius 3 is 2.94 bits per heavy atom. The van der Waals surface area contributed by atoms with Gasteiger partial charge in [-0.05, 0) is 24.8 Å². The lowest BCUT2D eigenvalue weighted by Gasteiger charge is -2.23. The molecule has 0 aromatic carbocycles. The summed E-state index contributed by atoms with van der Waals surface area (Å²) >= 11 is 1.66. The van der Waals surface area contributed by atoms with Gasteiger partial charge in [-0.15, -0.1) is 23.7 Å². The number of nitrogens with one attached hydrogen (secondary N) is 1. The molecule has 2 unspecified atom stereocenters. The van der Waals surface area contributed by atoms with Gasteiger partial charge in [0.2, 0.25) is 5.91 Å². The van der Waals surface area contributed by atoms with E-state index in [1.54, 1.807) is 11.3 Å². The van der Waals surface area contributed by atoms with Gasteiger partial charge in [-0.25, -0.2) is 0 Å². The van der Waals surface area contributed by atoms with Gasteiger partial charge < -0.3 is 15.3 Å². The van der Waals surface area contributed by atoms with Crippen molar-refractivity contribution in [3.05, 3.63) is 22.4 Å².